The molecule has 3 aromatic rings. The number of rotatable bonds is 7. The van der Waals surface area contributed by atoms with Gasteiger partial charge in [-0.25, -0.2) is 13.2 Å². The van der Waals surface area contributed by atoms with Crippen LogP contribution in [0, 0.1) is 17.2 Å². The Labute approximate surface area is 222 Å². The van der Waals surface area contributed by atoms with Gasteiger partial charge >= 0.3 is 6.09 Å². The maximum Gasteiger partial charge on any atom is 0.411 e. The number of hydrogen-bond acceptors (Lipinski definition) is 6. The summed E-state index contributed by atoms with van der Waals surface area (Å²) in [5.41, 5.74) is 3.96. The Bertz CT molecular complexity index is 1510. The van der Waals surface area contributed by atoms with Crippen LogP contribution in [-0.4, -0.2) is 42.8 Å². The Kier molecular flexibility index (Phi) is 6.31. The van der Waals surface area contributed by atoms with Crippen LogP contribution in [0.25, 0.3) is 22.2 Å². The van der Waals surface area contributed by atoms with Crippen molar-refractivity contribution < 1.29 is 22.7 Å². The zero-order chi connectivity index (χ0) is 26.4. The fraction of sp³-hybridized carbons (Fsp3) is 0.448. The van der Waals surface area contributed by atoms with Crippen molar-refractivity contribution in [2.75, 3.05) is 16.8 Å². The molecule has 38 heavy (non-hydrogen) atoms. The van der Waals surface area contributed by atoms with E-state index in [2.05, 4.69) is 16.0 Å². The van der Waals surface area contributed by atoms with Crippen molar-refractivity contribution >= 4 is 32.5 Å². The Morgan fingerprint density at radius 3 is 2.39 bits per heavy atom. The maximum atomic E-state index is 12.3. The lowest BCUT2D eigenvalue weighted by molar-refractivity contribution is 0.108. The van der Waals surface area contributed by atoms with E-state index in [1.54, 1.807) is 0 Å². The summed E-state index contributed by atoms with van der Waals surface area (Å²) < 4.78 is 37.5. The fourth-order valence-electron chi connectivity index (χ4n) is 5.34. The summed E-state index contributed by atoms with van der Waals surface area (Å²) in [4.78, 5) is 12.3. The maximum absolute atomic E-state index is 12.3. The van der Waals surface area contributed by atoms with Gasteiger partial charge in [0, 0.05) is 23.2 Å². The van der Waals surface area contributed by atoms with Crippen LogP contribution in [-0.2, 0) is 14.6 Å². The van der Waals surface area contributed by atoms with Crippen LogP contribution in [0.5, 0.6) is 5.75 Å². The van der Waals surface area contributed by atoms with Gasteiger partial charge in [0.1, 0.15) is 24.0 Å². The van der Waals surface area contributed by atoms with E-state index in [1.807, 2.05) is 49.4 Å². The largest absolute Gasteiger partial charge is 0.490 e. The zero-order valence-electron chi connectivity index (χ0n) is 21.4. The van der Waals surface area contributed by atoms with Gasteiger partial charge in [-0.1, -0.05) is 12.1 Å². The summed E-state index contributed by atoms with van der Waals surface area (Å²) in [6.45, 7) is 1.93. The molecule has 1 amide bonds. The second kappa shape index (κ2) is 9.66. The molecule has 2 aliphatic carbocycles. The standard InChI is InChI=1S/C29H31N3O5S/c1-18(19-2-3-19)36-29(33)31-21-6-4-20(5-7-21)28-26(17-30)25-11-10-24(16-27(25)32(28)22-8-9-22)37-23-12-14-38(34,35)15-13-23/h4-7,10-11,16,18-19,22-23H,2-3,8-9,12-15H2,1H3,(H,31,33)/t18-/m1/s1. The summed E-state index contributed by atoms with van der Waals surface area (Å²) in [6, 6.07) is 16.0. The van der Waals surface area contributed by atoms with Gasteiger partial charge < -0.3 is 14.0 Å². The normalized spacial score (nSPS) is 20.0. The van der Waals surface area contributed by atoms with Gasteiger partial charge in [0.2, 0.25) is 0 Å². The molecule has 3 fully saturated rings. The number of amides is 1. The van der Waals surface area contributed by atoms with Gasteiger partial charge in [-0.2, -0.15) is 5.26 Å². The van der Waals surface area contributed by atoms with Gasteiger partial charge in [0.15, 0.2) is 9.84 Å². The van der Waals surface area contributed by atoms with Crippen LogP contribution in [0.3, 0.4) is 0 Å². The summed E-state index contributed by atoms with van der Waals surface area (Å²) in [7, 11) is -2.96. The van der Waals surface area contributed by atoms with Gasteiger partial charge in [-0.15, -0.1) is 0 Å². The highest BCUT2D eigenvalue weighted by molar-refractivity contribution is 7.91. The van der Waals surface area contributed by atoms with E-state index >= 15 is 0 Å². The molecule has 2 saturated carbocycles. The molecular weight excluding hydrogens is 502 g/mol. The van der Waals surface area contributed by atoms with E-state index in [1.165, 1.54) is 0 Å². The average molecular weight is 534 g/mol. The lowest BCUT2D eigenvalue weighted by atomic mass is 10.1. The fourth-order valence-corrected chi connectivity index (χ4v) is 6.79. The minimum absolute atomic E-state index is 0.0817. The van der Waals surface area contributed by atoms with Crippen LogP contribution in [0.2, 0.25) is 0 Å². The third-order valence-electron chi connectivity index (χ3n) is 7.79. The molecule has 1 N–H and O–H groups in total. The number of carbonyl (C=O) groups excluding carboxylic acids is 1. The number of ether oxygens (including phenoxy) is 2. The van der Waals surface area contributed by atoms with Crippen molar-refractivity contribution in [1.82, 2.24) is 4.57 Å². The molecule has 0 radical (unpaired) electrons. The van der Waals surface area contributed by atoms with E-state index in [4.69, 9.17) is 9.47 Å². The van der Waals surface area contributed by atoms with E-state index < -0.39 is 15.9 Å². The zero-order valence-corrected chi connectivity index (χ0v) is 22.2. The number of hydrogen-bond donors (Lipinski definition) is 1. The summed E-state index contributed by atoms with van der Waals surface area (Å²) in [5.74, 6) is 1.48. The molecule has 198 valence electrons. The number of benzene rings is 2. The Morgan fingerprint density at radius 1 is 1.05 bits per heavy atom. The van der Waals surface area contributed by atoms with Gasteiger partial charge in [-0.3, -0.25) is 5.32 Å². The highest BCUT2D eigenvalue weighted by atomic mass is 32.2. The lowest BCUT2D eigenvalue weighted by Crippen LogP contribution is -2.30. The highest BCUT2D eigenvalue weighted by Gasteiger charge is 2.32. The van der Waals surface area contributed by atoms with E-state index in [-0.39, 0.29) is 23.7 Å². The molecule has 0 spiro atoms. The third-order valence-corrected chi connectivity index (χ3v) is 9.50. The molecule has 2 aromatic carbocycles. The molecule has 8 nitrogen and oxygen atoms in total. The number of sulfone groups is 1. The Hall–Kier alpha value is -3.51. The number of fused-ring (bicyclic) bond motifs is 1. The van der Waals surface area contributed by atoms with Crippen molar-refractivity contribution in [1.29, 1.82) is 5.26 Å². The lowest BCUT2D eigenvalue weighted by Gasteiger charge is -2.23. The first-order chi connectivity index (χ1) is 18.3. The molecule has 6 rings (SSSR count). The molecule has 1 saturated heterocycles. The first-order valence-electron chi connectivity index (χ1n) is 13.3. The van der Waals surface area contributed by atoms with Crippen molar-refractivity contribution in [3.8, 4) is 23.1 Å². The highest BCUT2D eigenvalue weighted by Crippen LogP contribution is 2.45. The SMILES string of the molecule is C[C@@H](OC(=O)Nc1ccc(-c2c(C#N)c3ccc(OC4CCS(=O)(=O)CC4)cc3n2C2CC2)cc1)C1CC1. The van der Waals surface area contributed by atoms with Crippen molar-refractivity contribution in [3.05, 3.63) is 48.0 Å². The van der Waals surface area contributed by atoms with Gasteiger partial charge in [0.05, 0.1) is 28.3 Å². The van der Waals surface area contributed by atoms with E-state index in [0.717, 1.165) is 47.8 Å². The van der Waals surface area contributed by atoms with Crippen LogP contribution >= 0.6 is 0 Å². The van der Waals surface area contributed by atoms with Crippen LogP contribution in [0.15, 0.2) is 42.5 Å². The topological polar surface area (TPSA) is 110 Å². The number of anilines is 1. The molecule has 3 aliphatic rings. The third kappa shape index (κ3) is 5.10. The predicted molar refractivity (Wildman–Crippen MR) is 145 cm³/mol. The smallest absolute Gasteiger partial charge is 0.411 e. The molecule has 1 aliphatic heterocycles. The van der Waals surface area contributed by atoms with Crippen molar-refractivity contribution in [3.63, 3.8) is 0 Å². The van der Waals surface area contributed by atoms with Crippen LogP contribution in [0.4, 0.5) is 10.5 Å². The molecule has 0 unspecified atom stereocenters. The van der Waals surface area contributed by atoms with Gasteiger partial charge in [-0.05, 0) is 81.2 Å². The summed E-state index contributed by atoms with van der Waals surface area (Å²) in [5, 5.41) is 13.8. The van der Waals surface area contributed by atoms with Crippen molar-refractivity contribution in [2.24, 2.45) is 5.92 Å². The first kappa shape index (κ1) is 24.8. The van der Waals surface area contributed by atoms with Crippen LogP contribution < -0.4 is 10.1 Å². The number of nitriles is 1. The van der Waals surface area contributed by atoms with Crippen LogP contribution in [0.1, 0.15) is 57.1 Å². The molecular formula is C29H31N3O5S. The molecule has 9 heteroatoms. The molecule has 2 heterocycles. The number of nitrogens with zero attached hydrogens (tertiary/aromatic N) is 2. The minimum atomic E-state index is -2.96. The Morgan fingerprint density at radius 2 is 1.76 bits per heavy atom. The van der Waals surface area contributed by atoms with Gasteiger partial charge in [0.25, 0.3) is 0 Å². The number of aromatic nitrogens is 1. The summed E-state index contributed by atoms with van der Waals surface area (Å²) >= 11 is 0. The second-order valence-electron chi connectivity index (χ2n) is 10.7. The number of nitrogens with one attached hydrogen (secondary N) is 1. The number of carbonyl (C=O) groups is 1. The van der Waals surface area contributed by atoms with Crippen molar-refractivity contribution in [2.45, 2.75) is 63.7 Å². The molecule has 0 bridgehead atoms. The monoisotopic (exact) mass is 533 g/mol. The second-order valence-corrected chi connectivity index (χ2v) is 13.0. The average Bonchev–Trinajstić information content (AvgIpc) is 3.82. The molecule has 1 atom stereocenters. The molecule has 1 aromatic heterocycles. The van der Waals surface area contributed by atoms with E-state index in [0.29, 0.717) is 41.8 Å². The minimum Gasteiger partial charge on any atom is -0.490 e. The van der Waals surface area contributed by atoms with E-state index in [9.17, 15) is 18.5 Å². The quantitative estimate of drug-likeness (QED) is 0.410. The predicted octanol–water partition coefficient (Wildman–Crippen LogP) is 5.82. The summed E-state index contributed by atoms with van der Waals surface area (Å²) in [6.07, 6.45) is 4.62. The Balaban J connectivity index is 1.27. The first-order valence-corrected chi connectivity index (χ1v) is 15.2.